The van der Waals surface area contributed by atoms with Crippen molar-refractivity contribution in [3.05, 3.63) is 42.8 Å². The number of halogens is 4. The predicted octanol–water partition coefficient (Wildman–Crippen LogP) is 9.25. The van der Waals surface area contributed by atoms with E-state index in [4.69, 9.17) is 41.5 Å². The Labute approximate surface area is 329 Å². The molecule has 2 fully saturated rings. The Morgan fingerprint density at radius 2 is 1.48 bits per heavy atom. The summed E-state index contributed by atoms with van der Waals surface area (Å²) >= 11 is 19.0. The summed E-state index contributed by atoms with van der Waals surface area (Å²) in [5.74, 6) is 0. The Bertz CT molecular complexity index is 1980. The summed E-state index contributed by atoms with van der Waals surface area (Å²) in [5.41, 5.74) is 2.26. The summed E-state index contributed by atoms with van der Waals surface area (Å²) in [6.07, 6.45) is 1.29. The lowest BCUT2D eigenvalue weighted by Crippen LogP contribution is -2.54. The van der Waals surface area contributed by atoms with Crippen LogP contribution in [0.1, 0.15) is 59.9 Å². The molecule has 0 bridgehead atoms. The maximum Gasteiger partial charge on any atom is 0.410 e. The van der Waals surface area contributed by atoms with E-state index in [1.54, 1.807) is 28.0 Å². The first-order valence-corrected chi connectivity index (χ1v) is 19.3. The number of carbonyl (C=O) groups excluding carboxylic acids is 2. The van der Waals surface area contributed by atoms with E-state index < -0.39 is 5.60 Å². The van der Waals surface area contributed by atoms with Crippen LogP contribution in [-0.2, 0) is 9.47 Å². The summed E-state index contributed by atoms with van der Waals surface area (Å²) in [7, 11) is 0. The van der Waals surface area contributed by atoms with Crippen molar-refractivity contribution in [1.82, 2.24) is 19.8 Å². The van der Waals surface area contributed by atoms with Crippen LogP contribution >= 0.6 is 55.1 Å². The second-order valence-corrected chi connectivity index (χ2v) is 16.2. The quantitative estimate of drug-likeness (QED) is 0.177. The van der Waals surface area contributed by atoms with Crippen molar-refractivity contribution in [2.75, 3.05) is 55.7 Å². The van der Waals surface area contributed by atoms with Crippen LogP contribution in [0.4, 0.5) is 21.6 Å². The van der Waals surface area contributed by atoms with Gasteiger partial charge in [-0.05, 0) is 91.1 Å². The van der Waals surface area contributed by atoms with E-state index in [0.717, 1.165) is 17.3 Å². The largest absolute Gasteiger partial charge is 0.449 e. The molecule has 2 unspecified atom stereocenters. The zero-order valence-corrected chi connectivity index (χ0v) is 34.5. The molecule has 13 nitrogen and oxygen atoms in total. The van der Waals surface area contributed by atoms with Crippen LogP contribution in [0.3, 0.4) is 0 Å². The Morgan fingerprint density at radius 3 is 2.02 bits per heavy atom. The van der Waals surface area contributed by atoms with Crippen molar-refractivity contribution >= 4 is 101 Å². The van der Waals surface area contributed by atoms with Gasteiger partial charge in [-0.15, -0.1) is 0 Å². The number of benzene rings is 2. The molecule has 2 aliphatic heterocycles. The maximum atomic E-state index is 12.3. The summed E-state index contributed by atoms with van der Waals surface area (Å²) in [6.45, 7) is 15.5. The molecule has 0 saturated carbocycles. The zero-order chi connectivity index (χ0) is 37.9. The first kappa shape index (κ1) is 39.8. The molecule has 0 spiro atoms. The highest BCUT2D eigenvalue weighted by Crippen LogP contribution is 2.36. The van der Waals surface area contributed by atoms with Gasteiger partial charge in [-0.3, -0.25) is 0 Å². The van der Waals surface area contributed by atoms with Gasteiger partial charge in [0.25, 0.3) is 12.0 Å². The molecule has 52 heavy (non-hydrogen) atoms. The molecule has 280 valence electrons. The summed E-state index contributed by atoms with van der Waals surface area (Å²) in [5, 5.41) is 10.2. The van der Waals surface area contributed by atoms with Crippen molar-refractivity contribution in [2.24, 2.45) is 0 Å². The number of fused-ring (bicyclic) bond motifs is 2. The molecule has 2 atom stereocenters. The highest BCUT2D eigenvalue weighted by atomic mass is 79.9. The third-order valence-corrected chi connectivity index (χ3v) is 10.3. The van der Waals surface area contributed by atoms with Crippen molar-refractivity contribution < 1.29 is 27.9 Å². The Morgan fingerprint density at radius 1 is 0.923 bits per heavy atom. The van der Waals surface area contributed by atoms with E-state index in [2.05, 4.69) is 59.7 Å². The first-order chi connectivity index (χ1) is 24.6. The summed E-state index contributed by atoms with van der Waals surface area (Å²) in [6, 6.07) is 8.29. The lowest BCUT2D eigenvalue weighted by molar-refractivity contribution is 0.0216. The van der Waals surface area contributed by atoms with Crippen molar-refractivity contribution in [3.8, 4) is 6.07 Å². The number of anilines is 2. The average Bonchev–Trinajstić information content (AvgIpc) is 3.69. The SMILES string of the molecule is CC1CN(C(=O)OC(C)(C)C)CCN1c1nc2cc(Cl)cc(Br)c2o1.CCCCOC(=O)N1CCN(c2nc3cc(Cl)c(C#N)c(Br)c3o2)C(C)C1. The monoisotopic (exact) mass is 883 g/mol. The normalized spacial score (nSPS) is 17.9. The fourth-order valence-electron chi connectivity index (χ4n) is 5.82. The van der Waals surface area contributed by atoms with Gasteiger partial charge in [-0.1, -0.05) is 36.5 Å². The number of unbranched alkanes of at least 4 members (excludes halogenated alkanes) is 1. The third-order valence-electron chi connectivity index (χ3n) is 8.45. The number of piperazine rings is 2. The Balaban J connectivity index is 0.000000202. The number of ether oxygens (including phenoxy) is 2. The number of hydrogen-bond donors (Lipinski definition) is 0. The number of nitrogens with zero attached hydrogens (tertiary/aromatic N) is 7. The molecule has 2 amide bonds. The van der Waals surface area contributed by atoms with Gasteiger partial charge in [0.2, 0.25) is 0 Å². The first-order valence-electron chi connectivity index (χ1n) is 17.0. The van der Waals surface area contributed by atoms with Gasteiger partial charge in [-0.2, -0.15) is 15.2 Å². The van der Waals surface area contributed by atoms with Crippen LogP contribution in [0, 0.1) is 11.3 Å². The molecule has 2 aromatic carbocycles. The Hall–Kier alpha value is -3.45. The van der Waals surface area contributed by atoms with E-state index in [-0.39, 0.29) is 24.3 Å². The summed E-state index contributed by atoms with van der Waals surface area (Å²) < 4.78 is 23.8. The molecule has 6 rings (SSSR count). The van der Waals surface area contributed by atoms with Gasteiger partial charge < -0.3 is 37.9 Å². The fourth-order valence-corrected chi connectivity index (χ4v) is 7.63. The Kier molecular flexibility index (Phi) is 12.8. The number of rotatable bonds is 5. The van der Waals surface area contributed by atoms with E-state index >= 15 is 0 Å². The van der Waals surface area contributed by atoms with Crippen LogP contribution < -0.4 is 9.80 Å². The van der Waals surface area contributed by atoms with Gasteiger partial charge in [0.1, 0.15) is 22.7 Å². The second-order valence-electron chi connectivity index (χ2n) is 13.7. The summed E-state index contributed by atoms with van der Waals surface area (Å²) in [4.78, 5) is 41.0. The fraction of sp³-hybridized carbons (Fsp3) is 0.514. The number of oxazole rings is 2. The van der Waals surface area contributed by atoms with Crippen molar-refractivity contribution in [3.63, 3.8) is 0 Å². The van der Waals surface area contributed by atoms with Crippen molar-refractivity contribution in [1.29, 1.82) is 5.26 Å². The van der Waals surface area contributed by atoms with Crippen LogP contribution in [0.25, 0.3) is 22.2 Å². The molecule has 4 heterocycles. The minimum atomic E-state index is -0.497. The molecule has 0 aliphatic carbocycles. The molecule has 4 aromatic rings. The van der Waals surface area contributed by atoms with Gasteiger partial charge in [0.15, 0.2) is 11.2 Å². The van der Waals surface area contributed by atoms with Crippen LogP contribution in [0.2, 0.25) is 10.0 Å². The number of nitriles is 1. The highest BCUT2D eigenvalue weighted by Gasteiger charge is 2.33. The van der Waals surface area contributed by atoms with E-state index in [1.807, 2.05) is 39.5 Å². The van der Waals surface area contributed by atoms with Crippen LogP contribution in [0.15, 0.2) is 36.0 Å². The smallest absolute Gasteiger partial charge is 0.410 e. The number of carbonyl (C=O) groups is 2. The predicted molar refractivity (Wildman–Crippen MR) is 207 cm³/mol. The van der Waals surface area contributed by atoms with Crippen molar-refractivity contribution in [2.45, 2.75) is 72.1 Å². The molecule has 0 radical (unpaired) electrons. The molecule has 2 aromatic heterocycles. The molecule has 0 N–H and O–H groups in total. The minimum Gasteiger partial charge on any atom is -0.449 e. The van der Waals surface area contributed by atoms with Crippen LogP contribution in [-0.4, -0.2) is 95.5 Å². The molecular formula is C35H41Br2Cl2N7O6. The van der Waals surface area contributed by atoms with Gasteiger partial charge >= 0.3 is 12.2 Å². The topological polar surface area (TPSA) is 141 Å². The van der Waals surface area contributed by atoms with Gasteiger partial charge in [-0.25, -0.2) is 9.59 Å². The third kappa shape index (κ3) is 9.18. The minimum absolute atomic E-state index is 0.00946. The maximum absolute atomic E-state index is 12.3. The molecule has 17 heteroatoms. The standard InChI is InChI=1S/C18H20BrClN4O3.C17H21BrClN3O3/c1-3-4-7-26-18(25)23-5-6-24(11(2)10-23)17-22-14-8-13(20)12(9-21)15(19)16(14)27-17;1-10-9-21(16(23)25-17(2,3)4)5-6-22(10)15-20-13-8-11(19)7-12(18)14(13)24-15/h8,11H,3-7,10H2,1-2H3;7-8,10H,5-6,9H2,1-4H3. The zero-order valence-electron chi connectivity index (χ0n) is 29.8. The average molecular weight is 886 g/mol. The lowest BCUT2D eigenvalue weighted by atomic mass is 10.2. The number of aromatic nitrogens is 2. The molecule has 2 saturated heterocycles. The van der Waals surface area contributed by atoms with Crippen LogP contribution in [0.5, 0.6) is 0 Å². The van der Waals surface area contributed by atoms with Gasteiger partial charge in [0.05, 0.1) is 26.1 Å². The van der Waals surface area contributed by atoms with E-state index in [9.17, 15) is 14.9 Å². The molecule has 2 aliphatic rings. The number of hydrogen-bond acceptors (Lipinski definition) is 11. The number of amides is 2. The highest BCUT2D eigenvalue weighted by molar-refractivity contribution is 9.11. The van der Waals surface area contributed by atoms with E-state index in [0.29, 0.717) is 100 Å². The second kappa shape index (κ2) is 16.7. The van der Waals surface area contributed by atoms with E-state index in [1.165, 1.54) is 0 Å². The lowest BCUT2D eigenvalue weighted by Gasteiger charge is -2.39. The molecular weight excluding hydrogens is 845 g/mol. The van der Waals surface area contributed by atoms with Gasteiger partial charge in [0, 0.05) is 56.4 Å².